The zero-order valence-corrected chi connectivity index (χ0v) is 33.7. The van der Waals surface area contributed by atoms with Gasteiger partial charge in [0.25, 0.3) is 0 Å². The highest BCUT2D eigenvalue weighted by Crippen LogP contribution is 2.63. The van der Waals surface area contributed by atoms with Gasteiger partial charge in [0.2, 0.25) is 0 Å². The Morgan fingerprint density at radius 3 is 1.66 bits per heavy atom. The minimum atomic E-state index is -0.622. The molecule has 0 N–H and O–H groups in total. The quantitative estimate of drug-likeness (QED) is 0.173. The van der Waals surface area contributed by atoms with Gasteiger partial charge in [0, 0.05) is 44.6 Å². The summed E-state index contributed by atoms with van der Waals surface area (Å²) in [5.41, 5.74) is 15.8. The van der Waals surface area contributed by atoms with Gasteiger partial charge in [-0.1, -0.05) is 152 Å². The fourth-order valence-electron chi connectivity index (χ4n) is 10.5. The molecule has 3 heteroatoms. The maximum absolute atomic E-state index is 6.75. The van der Waals surface area contributed by atoms with Gasteiger partial charge in [-0.2, -0.15) is 0 Å². The lowest BCUT2D eigenvalue weighted by molar-refractivity contribution is 0.436. The highest BCUT2D eigenvalue weighted by Gasteiger charge is 2.51. The van der Waals surface area contributed by atoms with Gasteiger partial charge in [-0.3, -0.25) is 0 Å². The maximum Gasteiger partial charge on any atom is 0.132 e. The summed E-state index contributed by atoms with van der Waals surface area (Å²) in [4.78, 5) is 2.44. The molecule has 62 heavy (non-hydrogen) atoms. The third-order valence-electron chi connectivity index (χ3n) is 13.2. The summed E-state index contributed by atoms with van der Waals surface area (Å²) in [6.07, 6.45) is 0. The number of rotatable bonds is 5. The van der Waals surface area contributed by atoms with Crippen LogP contribution in [-0.4, -0.2) is 4.57 Å². The van der Waals surface area contributed by atoms with Crippen molar-refractivity contribution >= 4 is 49.6 Å². The molecular formula is C59H38N2O. The van der Waals surface area contributed by atoms with E-state index in [-0.39, 0.29) is 0 Å². The molecule has 1 aromatic heterocycles. The van der Waals surface area contributed by atoms with Gasteiger partial charge >= 0.3 is 0 Å². The number of hydrogen-bond donors (Lipinski definition) is 0. The van der Waals surface area contributed by atoms with Gasteiger partial charge in [0.1, 0.15) is 11.5 Å². The van der Waals surface area contributed by atoms with Crippen LogP contribution in [0.1, 0.15) is 22.3 Å². The molecule has 290 valence electrons. The van der Waals surface area contributed by atoms with Crippen LogP contribution in [0.3, 0.4) is 0 Å². The van der Waals surface area contributed by atoms with Crippen LogP contribution in [0.5, 0.6) is 11.5 Å². The van der Waals surface area contributed by atoms with Crippen molar-refractivity contribution < 1.29 is 4.74 Å². The number of anilines is 3. The van der Waals surface area contributed by atoms with Crippen molar-refractivity contribution in [3.63, 3.8) is 0 Å². The summed E-state index contributed by atoms with van der Waals surface area (Å²) in [6, 6.07) is 84.0. The molecule has 11 aromatic rings. The van der Waals surface area contributed by atoms with Crippen molar-refractivity contribution in [3.05, 3.63) is 253 Å². The van der Waals surface area contributed by atoms with Crippen molar-refractivity contribution in [2.24, 2.45) is 0 Å². The van der Waals surface area contributed by atoms with E-state index in [0.717, 1.165) is 50.9 Å². The molecule has 0 atom stereocenters. The number of benzene rings is 10. The van der Waals surface area contributed by atoms with Gasteiger partial charge < -0.3 is 14.2 Å². The van der Waals surface area contributed by atoms with E-state index in [4.69, 9.17) is 4.74 Å². The fraction of sp³-hybridized carbons (Fsp3) is 0.0169. The summed E-state index contributed by atoms with van der Waals surface area (Å²) in [5.74, 6) is 1.77. The molecular weight excluding hydrogens is 753 g/mol. The summed E-state index contributed by atoms with van der Waals surface area (Å²) in [5, 5.41) is 4.91. The van der Waals surface area contributed by atoms with E-state index in [2.05, 4.69) is 240 Å². The molecule has 2 heterocycles. The Morgan fingerprint density at radius 1 is 0.355 bits per heavy atom. The number of ether oxygens (including phenoxy) is 1. The fourth-order valence-corrected chi connectivity index (χ4v) is 10.5. The summed E-state index contributed by atoms with van der Waals surface area (Å²) < 4.78 is 9.15. The first-order chi connectivity index (χ1) is 30.7. The second-order valence-corrected chi connectivity index (χ2v) is 16.5. The van der Waals surface area contributed by atoms with E-state index in [0.29, 0.717) is 0 Å². The first-order valence-electron chi connectivity index (χ1n) is 21.3. The molecule has 1 spiro atoms. The van der Waals surface area contributed by atoms with Gasteiger partial charge in [0.05, 0.1) is 16.4 Å². The lowest BCUT2D eigenvalue weighted by atomic mass is 9.66. The minimum Gasteiger partial charge on any atom is -0.457 e. The van der Waals surface area contributed by atoms with Crippen molar-refractivity contribution in [2.45, 2.75) is 5.41 Å². The van der Waals surface area contributed by atoms with Crippen molar-refractivity contribution in [1.29, 1.82) is 0 Å². The molecule has 13 rings (SSSR count). The number of hydrogen-bond acceptors (Lipinski definition) is 2. The summed E-state index contributed by atoms with van der Waals surface area (Å²) in [7, 11) is 0. The number of para-hydroxylation sites is 4. The van der Waals surface area contributed by atoms with Crippen molar-refractivity contribution in [2.75, 3.05) is 4.90 Å². The Bertz CT molecular complexity index is 3500. The van der Waals surface area contributed by atoms with Gasteiger partial charge in [-0.15, -0.1) is 0 Å². The molecule has 0 unspecified atom stereocenters. The standard InChI is InChI=1S/C59H38N2O/c1-3-15-39(16-4-1)40-27-29-44(30-28-40)60(46-32-34-49-48-21-9-12-24-55(48)61(56(49)38-46)43-19-5-2-6-20-43)45-31-33-47-50-35-41-17-7-8-18-42(41)36-53(50)59(54(47)37-45)51-22-10-13-25-57(51)62-58-26-14-11-23-52(58)59/h1-38H. The predicted molar refractivity (Wildman–Crippen MR) is 256 cm³/mol. The van der Waals surface area contributed by atoms with Crippen LogP contribution in [0.15, 0.2) is 231 Å². The first-order valence-corrected chi connectivity index (χ1v) is 21.3. The number of fused-ring (bicyclic) bond motifs is 13. The van der Waals surface area contributed by atoms with Crippen LogP contribution >= 0.6 is 0 Å². The average Bonchev–Trinajstić information content (AvgIpc) is 3.81. The molecule has 0 saturated carbocycles. The van der Waals surface area contributed by atoms with E-state index < -0.39 is 5.41 Å². The van der Waals surface area contributed by atoms with Gasteiger partial charge in [-0.25, -0.2) is 0 Å². The lowest BCUT2D eigenvalue weighted by Crippen LogP contribution is -2.32. The SMILES string of the molecule is c1ccc(-c2ccc(N(c3ccc4c(c3)C3(c5ccccc5Oc5ccccc53)c3cc5ccccc5cc3-4)c3ccc4c5ccccc5n(-c5ccccc5)c4c3)cc2)cc1. The van der Waals surface area contributed by atoms with E-state index >= 15 is 0 Å². The van der Waals surface area contributed by atoms with Gasteiger partial charge in [0.15, 0.2) is 0 Å². The van der Waals surface area contributed by atoms with Crippen LogP contribution < -0.4 is 9.64 Å². The second-order valence-electron chi connectivity index (χ2n) is 16.5. The Kier molecular flexibility index (Phi) is 7.52. The molecule has 1 aliphatic heterocycles. The largest absolute Gasteiger partial charge is 0.457 e. The predicted octanol–water partition coefficient (Wildman–Crippen LogP) is 15.5. The van der Waals surface area contributed by atoms with Crippen molar-refractivity contribution in [1.82, 2.24) is 4.57 Å². The van der Waals surface area contributed by atoms with Crippen LogP contribution in [0.4, 0.5) is 17.1 Å². The molecule has 1 aliphatic carbocycles. The third kappa shape index (κ3) is 5.00. The molecule has 0 radical (unpaired) electrons. The minimum absolute atomic E-state index is 0.622. The topological polar surface area (TPSA) is 17.4 Å². The Balaban J connectivity index is 1.09. The molecule has 0 fully saturated rings. The Labute approximate surface area is 360 Å². The average molecular weight is 791 g/mol. The highest BCUT2D eigenvalue weighted by molar-refractivity contribution is 6.10. The van der Waals surface area contributed by atoms with E-state index in [9.17, 15) is 0 Å². The molecule has 0 saturated heterocycles. The van der Waals surface area contributed by atoms with Crippen LogP contribution in [-0.2, 0) is 5.41 Å². The molecule has 2 aliphatic rings. The molecule has 10 aromatic carbocycles. The zero-order valence-electron chi connectivity index (χ0n) is 33.7. The Morgan fingerprint density at radius 2 is 0.903 bits per heavy atom. The second kappa shape index (κ2) is 13.4. The summed E-state index contributed by atoms with van der Waals surface area (Å²) in [6.45, 7) is 0. The smallest absolute Gasteiger partial charge is 0.132 e. The maximum atomic E-state index is 6.75. The van der Waals surface area contributed by atoms with Crippen LogP contribution in [0.2, 0.25) is 0 Å². The van der Waals surface area contributed by atoms with E-state index in [1.165, 1.54) is 60.4 Å². The van der Waals surface area contributed by atoms with E-state index in [1.807, 2.05) is 0 Å². The lowest BCUT2D eigenvalue weighted by Gasteiger charge is -2.39. The summed E-state index contributed by atoms with van der Waals surface area (Å²) >= 11 is 0. The zero-order chi connectivity index (χ0) is 40.8. The van der Waals surface area contributed by atoms with E-state index in [1.54, 1.807) is 0 Å². The normalized spacial score (nSPS) is 13.1. The van der Waals surface area contributed by atoms with Crippen LogP contribution in [0.25, 0.3) is 60.5 Å². The monoisotopic (exact) mass is 790 g/mol. The van der Waals surface area contributed by atoms with Gasteiger partial charge in [-0.05, 0) is 123 Å². The molecule has 0 amide bonds. The van der Waals surface area contributed by atoms with Crippen LogP contribution in [0, 0.1) is 0 Å². The number of nitrogens with zero attached hydrogens (tertiary/aromatic N) is 2. The molecule has 0 bridgehead atoms. The number of aromatic nitrogens is 1. The molecule has 3 nitrogen and oxygen atoms in total. The Hall–Kier alpha value is -8.14. The third-order valence-corrected chi connectivity index (χ3v) is 13.2. The van der Waals surface area contributed by atoms with Crippen molar-refractivity contribution in [3.8, 4) is 39.4 Å². The highest BCUT2D eigenvalue weighted by atomic mass is 16.5. The first kappa shape index (κ1) is 34.7.